The molecule has 0 unspecified atom stereocenters. The van der Waals surface area contributed by atoms with Crippen LogP contribution in [0.2, 0.25) is 0 Å². The van der Waals surface area contributed by atoms with Crippen LogP contribution < -0.4 is 5.32 Å². The van der Waals surface area contributed by atoms with Gasteiger partial charge in [-0.05, 0) is 20.8 Å². The summed E-state index contributed by atoms with van der Waals surface area (Å²) in [4.78, 5) is 4.87. The minimum Gasteiger partial charge on any atom is -0.418 e. The van der Waals surface area contributed by atoms with Crippen LogP contribution in [0.4, 0.5) is 0 Å². The van der Waals surface area contributed by atoms with Gasteiger partial charge >= 0.3 is 0 Å². The highest BCUT2D eigenvalue weighted by Gasteiger charge is 2.13. The fourth-order valence-corrected chi connectivity index (χ4v) is 1.63. The fourth-order valence-electron chi connectivity index (χ4n) is 1.09. The van der Waals surface area contributed by atoms with Gasteiger partial charge in [0.2, 0.25) is 5.89 Å². The molecular weight excluding hydrogens is 224 g/mol. The molecule has 0 aliphatic rings. The normalized spacial score (nSPS) is 11.9. The van der Waals surface area contributed by atoms with Crippen molar-refractivity contribution >= 4 is 11.3 Å². The summed E-state index contributed by atoms with van der Waals surface area (Å²) in [6.07, 6.45) is 1.72. The molecule has 0 saturated carbocycles. The first-order chi connectivity index (χ1) is 7.54. The standard InChI is InChI=1S/C10H14N4OS/c1-10(2,3)12-5-8-13-14-9(15-8)7-4-11-6-16-7/h4,6,12H,5H2,1-3H3. The molecule has 2 aromatic rings. The maximum absolute atomic E-state index is 5.51. The van der Waals surface area contributed by atoms with Crippen molar-refractivity contribution in [2.75, 3.05) is 0 Å². The number of rotatable bonds is 3. The first-order valence-electron chi connectivity index (χ1n) is 5.01. The second-order valence-corrected chi connectivity index (χ2v) is 5.36. The Morgan fingerprint density at radius 2 is 2.19 bits per heavy atom. The first-order valence-corrected chi connectivity index (χ1v) is 5.89. The number of nitrogens with one attached hydrogen (secondary N) is 1. The molecule has 0 fully saturated rings. The van der Waals surface area contributed by atoms with E-state index >= 15 is 0 Å². The maximum Gasteiger partial charge on any atom is 0.259 e. The van der Waals surface area contributed by atoms with Gasteiger partial charge in [-0.15, -0.1) is 21.5 Å². The number of hydrogen-bond acceptors (Lipinski definition) is 6. The van der Waals surface area contributed by atoms with E-state index in [1.54, 1.807) is 11.7 Å². The highest BCUT2D eigenvalue weighted by atomic mass is 32.1. The highest BCUT2D eigenvalue weighted by Crippen LogP contribution is 2.21. The molecule has 0 atom stereocenters. The lowest BCUT2D eigenvalue weighted by atomic mass is 10.1. The summed E-state index contributed by atoms with van der Waals surface area (Å²) in [5.41, 5.74) is 1.78. The van der Waals surface area contributed by atoms with Gasteiger partial charge in [0.05, 0.1) is 18.3 Å². The molecule has 2 heterocycles. The van der Waals surface area contributed by atoms with Crippen LogP contribution in [0.1, 0.15) is 26.7 Å². The van der Waals surface area contributed by atoms with Crippen molar-refractivity contribution in [2.24, 2.45) is 0 Å². The van der Waals surface area contributed by atoms with E-state index in [2.05, 4.69) is 41.3 Å². The Morgan fingerprint density at radius 3 is 2.81 bits per heavy atom. The van der Waals surface area contributed by atoms with Crippen molar-refractivity contribution in [3.05, 3.63) is 17.6 Å². The third-order valence-electron chi connectivity index (χ3n) is 1.88. The second-order valence-electron chi connectivity index (χ2n) is 4.47. The largest absolute Gasteiger partial charge is 0.418 e. The summed E-state index contributed by atoms with van der Waals surface area (Å²) >= 11 is 1.49. The molecule has 1 N–H and O–H groups in total. The molecule has 86 valence electrons. The van der Waals surface area contributed by atoms with Gasteiger partial charge in [0.15, 0.2) is 0 Å². The summed E-state index contributed by atoms with van der Waals surface area (Å²) in [5.74, 6) is 1.13. The molecule has 0 spiro atoms. The van der Waals surface area contributed by atoms with E-state index in [1.165, 1.54) is 11.3 Å². The van der Waals surface area contributed by atoms with Gasteiger partial charge in [-0.3, -0.25) is 4.98 Å². The topological polar surface area (TPSA) is 63.8 Å². The van der Waals surface area contributed by atoms with Crippen molar-refractivity contribution in [3.8, 4) is 10.8 Å². The smallest absolute Gasteiger partial charge is 0.259 e. The van der Waals surface area contributed by atoms with E-state index in [0.717, 1.165) is 4.88 Å². The molecule has 0 aliphatic carbocycles. The summed E-state index contributed by atoms with van der Waals surface area (Å²) in [6.45, 7) is 6.85. The lowest BCUT2D eigenvalue weighted by Gasteiger charge is -2.18. The average molecular weight is 238 g/mol. The third-order valence-corrected chi connectivity index (χ3v) is 2.64. The van der Waals surface area contributed by atoms with Crippen molar-refractivity contribution in [3.63, 3.8) is 0 Å². The quantitative estimate of drug-likeness (QED) is 0.887. The molecule has 2 aromatic heterocycles. The average Bonchev–Trinajstić information content (AvgIpc) is 2.84. The third kappa shape index (κ3) is 2.86. The summed E-state index contributed by atoms with van der Waals surface area (Å²) in [7, 11) is 0. The van der Waals surface area contributed by atoms with E-state index in [1.807, 2.05) is 0 Å². The molecule has 0 radical (unpaired) electrons. The molecule has 6 heteroatoms. The predicted molar refractivity (Wildman–Crippen MR) is 62.0 cm³/mol. The molecule has 0 amide bonds. The Labute approximate surface area is 97.9 Å². The van der Waals surface area contributed by atoms with Crippen LogP contribution in [0.5, 0.6) is 0 Å². The fraction of sp³-hybridized carbons (Fsp3) is 0.500. The van der Waals surface area contributed by atoms with E-state index in [4.69, 9.17) is 4.42 Å². The van der Waals surface area contributed by atoms with Crippen molar-refractivity contribution in [2.45, 2.75) is 32.9 Å². The zero-order valence-corrected chi connectivity index (χ0v) is 10.3. The lowest BCUT2D eigenvalue weighted by Crippen LogP contribution is -2.35. The van der Waals surface area contributed by atoms with Crippen LogP contribution in [0.15, 0.2) is 16.1 Å². The van der Waals surface area contributed by atoms with Gasteiger partial charge in [0.25, 0.3) is 5.89 Å². The van der Waals surface area contributed by atoms with Crippen LogP contribution in [-0.4, -0.2) is 20.7 Å². The van der Waals surface area contributed by atoms with E-state index in [-0.39, 0.29) is 5.54 Å². The van der Waals surface area contributed by atoms with Gasteiger partial charge in [-0.2, -0.15) is 0 Å². The first kappa shape index (κ1) is 11.2. The molecule has 16 heavy (non-hydrogen) atoms. The predicted octanol–water partition coefficient (Wildman–Crippen LogP) is 2.08. The van der Waals surface area contributed by atoms with Crippen LogP contribution in [0.25, 0.3) is 10.8 Å². The summed E-state index contributed by atoms with van der Waals surface area (Å²) in [6, 6.07) is 0. The van der Waals surface area contributed by atoms with Gasteiger partial charge in [-0.25, -0.2) is 0 Å². The van der Waals surface area contributed by atoms with E-state index in [0.29, 0.717) is 18.3 Å². The van der Waals surface area contributed by atoms with Crippen LogP contribution in [-0.2, 0) is 6.54 Å². The van der Waals surface area contributed by atoms with Crippen molar-refractivity contribution in [1.82, 2.24) is 20.5 Å². The summed E-state index contributed by atoms with van der Waals surface area (Å²) in [5, 5.41) is 11.2. The Hall–Kier alpha value is -1.27. The maximum atomic E-state index is 5.51. The lowest BCUT2D eigenvalue weighted by molar-refractivity contribution is 0.384. The number of aromatic nitrogens is 3. The van der Waals surface area contributed by atoms with Gasteiger partial charge in [0, 0.05) is 5.54 Å². The Kier molecular flexibility index (Phi) is 3.02. The highest BCUT2D eigenvalue weighted by molar-refractivity contribution is 7.13. The van der Waals surface area contributed by atoms with Gasteiger partial charge in [0.1, 0.15) is 4.88 Å². The second kappa shape index (κ2) is 4.31. The molecular formula is C10H14N4OS. The number of thiazole rings is 1. The van der Waals surface area contributed by atoms with Crippen LogP contribution >= 0.6 is 11.3 Å². The van der Waals surface area contributed by atoms with E-state index < -0.39 is 0 Å². The van der Waals surface area contributed by atoms with Crippen LogP contribution in [0.3, 0.4) is 0 Å². The Morgan fingerprint density at radius 1 is 1.38 bits per heavy atom. The van der Waals surface area contributed by atoms with E-state index in [9.17, 15) is 0 Å². The van der Waals surface area contributed by atoms with Crippen molar-refractivity contribution in [1.29, 1.82) is 0 Å². The zero-order chi connectivity index (χ0) is 11.6. The Bertz CT molecular complexity index is 444. The molecule has 0 saturated heterocycles. The molecule has 2 rings (SSSR count). The number of hydrogen-bond donors (Lipinski definition) is 1. The van der Waals surface area contributed by atoms with Gasteiger partial charge in [-0.1, -0.05) is 0 Å². The molecule has 0 aromatic carbocycles. The molecule has 5 nitrogen and oxygen atoms in total. The number of nitrogens with zero attached hydrogens (tertiary/aromatic N) is 3. The molecule has 0 aliphatic heterocycles. The van der Waals surface area contributed by atoms with Gasteiger partial charge < -0.3 is 9.73 Å². The monoisotopic (exact) mass is 238 g/mol. The zero-order valence-electron chi connectivity index (χ0n) is 9.52. The summed E-state index contributed by atoms with van der Waals surface area (Å²) < 4.78 is 5.51. The minimum absolute atomic E-state index is 0.0408. The van der Waals surface area contributed by atoms with Crippen molar-refractivity contribution < 1.29 is 4.42 Å². The Balaban J connectivity index is 2.03. The minimum atomic E-state index is 0.0408. The SMILES string of the molecule is CC(C)(C)NCc1nnc(-c2cncs2)o1. The molecule has 0 bridgehead atoms. The van der Waals surface area contributed by atoms with Crippen LogP contribution in [0, 0.1) is 0 Å².